The minimum atomic E-state index is -0.506. The average Bonchev–Trinajstić information content (AvgIpc) is 2.72. The third-order valence-electron chi connectivity index (χ3n) is 6.78. The van der Waals surface area contributed by atoms with Crippen LogP contribution in [0.25, 0.3) is 0 Å². The van der Waals surface area contributed by atoms with Crippen LogP contribution in [0.15, 0.2) is 12.1 Å². The van der Waals surface area contributed by atoms with Gasteiger partial charge in [-0.25, -0.2) is 4.79 Å². The van der Waals surface area contributed by atoms with Crippen LogP contribution in [0.2, 0.25) is 0 Å². The molecule has 5 rings (SSSR count). The summed E-state index contributed by atoms with van der Waals surface area (Å²) in [5.41, 5.74) is 8.95. The van der Waals surface area contributed by atoms with Gasteiger partial charge in [-0.2, -0.15) is 0 Å². The largest absolute Gasteiger partial charge is 0.456 e. The van der Waals surface area contributed by atoms with E-state index in [-0.39, 0.29) is 5.97 Å². The second-order valence-corrected chi connectivity index (χ2v) is 10.3. The summed E-state index contributed by atoms with van der Waals surface area (Å²) in [4.78, 5) is 12.5. The zero-order valence-corrected chi connectivity index (χ0v) is 17.2. The molecule has 0 spiro atoms. The Hall–Kier alpha value is -1.71. The van der Waals surface area contributed by atoms with Crippen molar-refractivity contribution in [1.29, 1.82) is 0 Å². The fourth-order valence-electron chi connectivity index (χ4n) is 5.89. The van der Waals surface area contributed by atoms with Gasteiger partial charge in [0, 0.05) is 6.04 Å². The molecule has 1 aromatic rings. The van der Waals surface area contributed by atoms with Gasteiger partial charge >= 0.3 is 5.97 Å². The average molecular weight is 371 g/mol. The molecule has 4 aliphatic rings. The lowest BCUT2D eigenvalue weighted by atomic mass is 9.67. The number of anilines is 2. The minimum Gasteiger partial charge on any atom is -0.456 e. The summed E-state index contributed by atoms with van der Waals surface area (Å²) >= 11 is 0. The highest BCUT2D eigenvalue weighted by atomic mass is 16.6. The van der Waals surface area contributed by atoms with Gasteiger partial charge in [0.05, 0.1) is 16.9 Å². The van der Waals surface area contributed by atoms with E-state index in [1.54, 1.807) is 6.07 Å². The molecular weight excluding hydrogens is 336 g/mol. The number of fused-ring (bicyclic) bond motifs is 1. The maximum atomic E-state index is 12.5. The third kappa shape index (κ3) is 3.95. The Labute approximate surface area is 163 Å². The van der Waals surface area contributed by atoms with Gasteiger partial charge in [-0.15, -0.1) is 0 Å². The fraction of sp³-hybridized carbons (Fsp3) is 0.696. The molecular formula is C23H34N2O2. The number of rotatable bonds is 3. The van der Waals surface area contributed by atoms with Crippen LogP contribution in [0, 0.1) is 30.6 Å². The summed E-state index contributed by atoms with van der Waals surface area (Å²) in [6.45, 7) is 7.61. The molecule has 0 radical (unpaired) electrons. The predicted molar refractivity (Wildman–Crippen MR) is 110 cm³/mol. The van der Waals surface area contributed by atoms with Crippen molar-refractivity contribution in [2.45, 2.75) is 77.9 Å². The Morgan fingerprint density at radius 1 is 1.04 bits per heavy atom. The molecule has 1 aromatic carbocycles. The Morgan fingerprint density at radius 3 is 2.22 bits per heavy atom. The topological polar surface area (TPSA) is 64.3 Å². The SMILES string of the molecule is Cc1cc(NC2CC3CC4CC(C3)CC2C4)c(N)cc1C(=O)OC(C)(C)C. The second kappa shape index (κ2) is 6.72. The van der Waals surface area contributed by atoms with Crippen molar-refractivity contribution in [3.05, 3.63) is 23.3 Å². The predicted octanol–water partition coefficient (Wildman–Crippen LogP) is 5.16. The molecule has 3 N–H and O–H groups in total. The third-order valence-corrected chi connectivity index (χ3v) is 6.78. The van der Waals surface area contributed by atoms with Gasteiger partial charge in [0.1, 0.15) is 5.60 Å². The molecule has 0 heterocycles. The Bertz CT molecular complexity index is 723. The Balaban J connectivity index is 1.53. The van der Waals surface area contributed by atoms with Crippen molar-refractivity contribution in [2.24, 2.45) is 23.7 Å². The maximum Gasteiger partial charge on any atom is 0.338 e. The smallest absolute Gasteiger partial charge is 0.338 e. The summed E-state index contributed by atoms with van der Waals surface area (Å²) in [5.74, 6) is 3.25. The number of hydrogen-bond acceptors (Lipinski definition) is 4. The monoisotopic (exact) mass is 370 g/mol. The molecule has 3 unspecified atom stereocenters. The van der Waals surface area contributed by atoms with Gasteiger partial charge in [-0.1, -0.05) is 0 Å². The highest BCUT2D eigenvalue weighted by Crippen LogP contribution is 2.51. The number of esters is 1. The maximum absolute atomic E-state index is 12.5. The van der Waals surface area contributed by atoms with Gasteiger partial charge in [0.15, 0.2) is 0 Å². The lowest BCUT2D eigenvalue weighted by Crippen LogP contribution is -2.32. The van der Waals surface area contributed by atoms with Crippen LogP contribution in [0.3, 0.4) is 0 Å². The molecule has 0 amide bonds. The molecule has 148 valence electrons. The van der Waals surface area contributed by atoms with Crippen LogP contribution >= 0.6 is 0 Å². The van der Waals surface area contributed by atoms with Crippen molar-refractivity contribution < 1.29 is 9.53 Å². The van der Waals surface area contributed by atoms with Gasteiger partial charge in [0.25, 0.3) is 0 Å². The molecule has 4 heteroatoms. The molecule has 0 saturated heterocycles. The van der Waals surface area contributed by atoms with E-state index in [0.717, 1.165) is 34.9 Å². The molecule has 3 atom stereocenters. The summed E-state index contributed by atoms with van der Waals surface area (Å²) in [6, 6.07) is 4.33. The van der Waals surface area contributed by atoms with Crippen LogP contribution < -0.4 is 11.1 Å². The van der Waals surface area contributed by atoms with Crippen molar-refractivity contribution in [2.75, 3.05) is 11.1 Å². The summed E-state index contributed by atoms with van der Waals surface area (Å²) in [5, 5.41) is 3.78. The van der Waals surface area contributed by atoms with E-state index in [1.807, 2.05) is 33.8 Å². The minimum absolute atomic E-state index is 0.302. The van der Waals surface area contributed by atoms with Crippen molar-refractivity contribution in [1.82, 2.24) is 0 Å². The first-order valence-electron chi connectivity index (χ1n) is 10.6. The molecule has 4 nitrogen and oxygen atoms in total. The van der Waals surface area contributed by atoms with Crippen molar-refractivity contribution in [3.8, 4) is 0 Å². The molecule has 27 heavy (non-hydrogen) atoms. The van der Waals surface area contributed by atoms with E-state index >= 15 is 0 Å². The molecule has 4 aliphatic carbocycles. The number of hydrogen-bond donors (Lipinski definition) is 2. The number of carbonyl (C=O) groups is 1. The Morgan fingerprint density at radius 2 is 1.63 bits per heavy atom. The number of aryl methyl sites for hydroxylation is 1. The van der Waals surface area contributed by atoms with Crippen molar-refractivity contribution >= 4 is 17.3 Å². The summed E-state index contributed by atoms with van der Waals surface area (Å²) in [7, 11) is 0. The zero-order valence-electron chi connectivity index (χ0n) is 17.2. The molecule has 0 aliphatic heterocycles. The number of nitrogens with one attached hydrogen (secondary N) is 1. The number of nitrogens with two attached hydrogens (primary N) is 1. The van der Waals surface area contributed by atoms with Crippen molar-refractivity contribution in [3.63, 3.8) is 0 Å². The molecule has 0 aromatic heterocycles. The lowest BCUT2D eigenvalue weighted by Gasteiger charge is -2.39. The van der Waals surface area contributed by atoms with E-state index in [0.29, 0.717) is 17.3 Å². The fourth-order valence-corrected chi connectivity index (χ4v) is 5.89. The highest BCUT2D eigenvalue weighted by molar-refractivity contribution is 5.94. The first-order chi connectivity index (χ1) is 12.7. The normalized spacial score (nSPS) is 32.2. The quantitative estimate of drug-likeness (QED) is 0.570. The van der Waals surface area contributed by atoms with Crippen LogP contribution in [0.5, 0.6) is 0 Å². The molecule has 4 saturated carbocycles. The van der Waals surface area contributed by atoms with Crippen LogP contribution in [0.4, 0.5) is 11.4 Å². The number of benzene rings is 1. The Kier molecular flexibility index (Phi) is 4.64. The first-order valence-corrected chi connectivity index (χ1v) is 10.6. The summed E-state index contributed by atoms with van der Waals surface area (Å²) in [6.07, 6.45) is 8.34. The number of carbonyl (C=O) groups excluding carboxylic acids is 1. The first kappa shape index (κ1) is 18.6. The van der Waals surface area contributed by atoms with Gasteiger partial charge in [-0.3, -0.25) is 0 Å². The summed E-state index contributed by atoms with van der Waals surface area (Å²) < 4.78 is 5.52. The highest BCUT2D eigenvalue weighted by Gasteiger charge is 2.43. The van der Waals surface area contributed by atoms with E-state index < -0.39 is 5.60 Å². The number of nitrogen functional groups attached to an aromatic ring is 1. The molecule has 4 bridgehead atoms. The van der Waals surface area contributed by atoms with Gasteiger partial charge in [0.2, 0.25) is 0 Å². The number of ether oxygens (including phenoxy) is 1. The van der Waals surface area contributed by atoms with E-state index in [4.69, 9.17) is 10.5 Å². The van der Waals surface area contributed by atoms with E-state index in [1.165, 1.54) is 38.5 Å². The van der Waals surface area contributed by atoms with Crippen LogP contribution in [-0.2, 0) is 4.74 Å². The van der Waals surface area contributed by atoms with Gasteiger partial charge < -0.3 is 15.8 Å². The van der Waals surface area contributed by atoms with Crippen LogP contribution in [-0.4, -0.2) is 17.6 Å². The molecule has 4 fully saturated rings. The standard InChI is InChI=1S/C23H34N2O2/c1-13-5-21(19(24)12-18(13)22(26)27-23(2,3)4)25-20-11-16-7-14-6-15(8-16)10-17(20)9-14/h5,12,14-17,20,25H,6-11,24H2,1-4H3. The van der Waals surface area contributed by atoms with Gasteiger partial charge in [-0.05, 0) is 108 Å². The van der Waals surface area contributed by atoms with E-state index in [9.17, 15) is 4.79 Å². The second-order valence-electron chi connectivity index (χ2n) is 10.3. The zero-order chi connectivity index (χ0) is 19.3. The van der Waals surface area contributed by atoms with Crippen LogP contribution in [0.1, 0.15) is 75.2 Å². The lowest BCUT2D eigenvalue weighted by molar-refractivity contribution is 0.00688. The van der Waals surface area contributed by atoms with E-state index in [2.05, 4.69) is 5.32 Å².